The van der Waals surface area contributed by atoms with Crippen LogP contribution >= 0.6 is 0 Å². The van der Waals surface area contributed by atoms with Gasteiger partial charge in [-0.25, -0.2) is 0 Å². The molecule has 1 aliphatic rings. The summed E-state index contributed by atoms with van der Waals surface area (Å²) in [7, 11) is 0. The lowest BCUT2D eigenvalue weighted by atomic mass is 9.97. The molecule has 2 amide bonds. The van der Waals surface area contributed by atoms with E-state index in [1.165, 1.54) is 0 Å². The molecule has 0 bridgehead atoms. The predicted octanol–water partition coefficient (Wildman–Crippen LogP) is 3.73. The first-order chi connectivity index (χ1) is 10.1. The van der Waals surface area contributed by atoms with Crippen molar-refractivity contribution in [1.82, 2.24) is 0 Å². The first kappa shape index (κ1) is 15.5. The highest BCUT2D eigenvalue weighted by atomic mass is 16.2. The van der Waals surface area contributed by atoms with Crippen molar-refractivity contribution in [3.8, 4) is 0 Å². The van der Waals surface area contributed by atoms with Gasteiger partial charge in [0.1, 0.15) is 0 Å². The van der Waals surface area contributed by atoms with Gasteiger partial charge in [0.2, 0.25) is 11.8 Å². The topological polar surface area (TPSA) is 58.2 Å². The van der Waals surface area contributed by atoms with Crippen LogP contribution in [0.1, 0.15) is 51.5 Å². The highest BCUT2D eigenvalue weighted by molar-refractivity contribution is 5.96. The summed E-state index contributed by atoms with van der Waals surface area (Å²) < 4.78 is 0. The second-order valence-electron chi connectivity index (χ2n) is 5.68. The van der Waals surface area contributed by atoms with E-state index in [1.54, 1.807) is 0 Å². The van der Waals surface area contributed by atoms with Crippen LogP contribution in [-0.4, -0.2) is 11.8 Å². The summed E-state index contributed by atoms with van der Waals surface area (Å²) in [6.45, 7) is 4.22. The van der Waals surface area contributed by atoms with E-state index in [0.29, 0.717) is 6.42 Å². The molecule has 1 heterocycles. The Morgan fingerprint density at radius 1 is 1.24 bits per heavy atom. The first-order valence-corrected chi connectivity index (χ1v) is 7.87. The van der Waals surface area contributed by atoms with E-state index in [9.17, 15) is 9.59 Å². The van der Waals surface area contributed by atoms with Crippen molar-refractivity contribution in [2.75, 3.05) is 10.6 Å². The number of carbonyl (C=O) groups is 2. The average molecular weight is 288 g/mol. The second-order valence-corrected chi connectivity index (χ2v) is 5.68. The molecule has 0 aliphatic carbocycles. The second kappa shape index (κ2) is 7.25. The van der Waals surface area contributed by atoms with Crippen LogP contribution in [0.15, 0.2) is 18.2 Å². The van der Waals surface area contributed by atoms with E-state index in [0.717, 1.165) is 49.0 Å². The molecular weight excluding hydrogens is 264 g/mol. The molecule has 4 heteroatoms. The summed E-state index contributed by atoms with van der Waals surface area (Å²) in [6.07, 6.45) is 5.15. The minimum Gasteiger partial charge on any atom is -0.326 e. The first-order valence-electron chi connectivity index (χ1n) is 7.87. The van der Waals surface area contributed by atoms with Crippen LogP contribution in [-0.2, 0) is 16.0 Å². The molecular formula is C17H24N2O2. The van der Waals surface area contributed by atoms with Gasteiger partial charge in [-0.3, -0.25) is 9.59 Å². The number of amides is 2. The third-order valence-electron chi connectivity index (χ3n) is 3.91. The van der Waals surface area contributed by atoms with Crippen LogP contribution in [0.4, 0.5) is 11.4 Å². The fourth-order valence-corrected chi connectivity index (χ4v) is 2.81. The molecule has 0 aromatic heterocycles. The minimum absolute atomic E-state index is 0.0604. The average Bonchev–Trinajstić information content (AvgIpc) is 2.47. The maximum absolute atomic E-state index is 12.3. The smallest absolute Gasteiger partial charge is 0.227 e. The molecule has 0 fully saturated rings. The van der Waals surface area contributed by atoms with Crippen molar-refractivity contribution >= 4 is 23.2 Å². The fraction of sp³-hybridized carbons (Fsp3) is 0.529. The molecule has 2 rings (SSSR count). The maximum atomic E-state index is 12.3. The number of hydrogen-bond acceptors (Lipinski definition) is 2. The van der Waals surface area contributed by atoms with Gasteiger partial charge in [-0.15, -0.1) is 0 Å². The molecule has 1 aromatic rings. The summed E-state index contributed by atoms with van der Waals surface area (Å²) in [5, 5.41) is 5.87. The molecule has 114 valence electrons. The van der Waals surface area contributed by atoms with Gasteiger partial charge >= 0.3 is 0 Å². The van der Waals surface area contributed by atoms with Crippen molar-refractivity contribution in [3.63, 3.8) is 0 Å². The lowest BCUT2D eigenvalue weighted by Crippen LogP contribution is -2.23. The maximum Gasteiger partial charge on any atom is 0.227 e. The summed E-state index contributed by atoms with van der Waals surface area (Å²) in [5.74, 6) is 0.263. The van der Waals surface area contributed by atoms with Gasteiger partial charge < -0.3 is 10.6 Å². The molecule has 1 aliphatic heterocycles. The quantitative estimate of drug-likeness (QED) is 0.838. The molecule has 21 heavy (non-hydrogen) atoms. The summed E-state index contributed by atoms with van der Waals surface area (Å²) in [5.41, 5.74) is 2.78. The highest BCUT2D eigenvalue weighted by Crippen LogP contribution is 2.26. The number of anilines is 2. The van der Waals surface area contributed by atoms with E-state index in [-0.39, 0.29) is 17.7 Å². The number of hydrogen-bond donors (Lipinski definition) is 2. The molecule has 0 spiro atoms. The summed E-state index contributed by atoms with van der Waals surface area (Å²) in [6, 6.07) is 5.70. The van der Waals surface area contributed by atoms with Gasteiger partial charge in [0.25, 0.3) is 0 Å². The zero-order valence-corrected chi connectivity index (χ0v) is 12.9. The predicted molar refractivity (Wildman–Crippen MR) is 85.3 cm³/mol. The zero-order valence-electron chi connectivity index (χ0n) is 12.9. The Morgan fingerprint density at radius 3 is 2.62 bits per heavy atom. The number of nitrogens with one attached hydrogen (secondary N) is 2. The van der Waals surface area contributed by atoms with Crippen LogP contribution in [0.5, 0.6) is 0 Å². The number of rotatable bonds is 6. The van der Waals surface area contributed by atoms with Gasteiger partial charge in [-0.1, -0.05) is 26.7 Å². The largest absolute Gasteiger partial charge is 0.326 e. The standard InChI is InChI=1S/C17H24N2O2/c1-3-5-12(6-4-2)17(21)18-14-8-9-15-13(11-14)7-10-16(20)19-15/h8-9,11-12H,3-7,10H2,1-2H3,(H,18,21)(H,19,20). The molecule has 1 aromatic carbocycles. The van der Waals surface area contributed by atoms with Crippen molar-refractivity contribution in [2.24, 2.45) is 5.92 Å². The van der Waals surface area contributed by atoms with Gasteiger partial charge in [0.15, 0.2) is 0 Å². The van der Waals surface area contributed by atoms with Crippen LogP contribution < -0.4 is 10.6 Å². The third kappa shape index (κ3) is 4.06. The normalized spacial score (nSPS) is 13.8. The number of fused-ring (bicyclic) bond motifs is 1. The van der Waals surface area contributed by atoms with E-state index in [4.69, 9.17) is 0 Å². The van der Waals surface area contributed by atoms with Crippen LogP contribution in [0.2, 0.25) is 0 Å². The van der Waals surface area contributed by atoms with Gasteiger partial charge in [0.05, 0.1) is 0 Å². The lowest BCUT2D eigenvalue weighted by molar-refractivity contribution is -0.120. The van der Waals surface area contributed by atoms with E-state index in [2.05, 4.69) is 24.5 Å². The Kier molecular flexibility index (Phi) is 5.37. The molecule has 0 saturated heterocycles. The molecule has 0 saturated carbocycles. The van der Waals surface area contributed by atoms with Crippen molar-refractivity contribution in [2.45, 2.75) is 52.4 Å². The molecule has 4 nitrogen and oxygen atoms in total. The van der Waals surface area contributed by atoms with Crippen molar-refractivity contribution < 1.29 is 9.59 Å². The van der Waals surface area contributed by atoms with Crippen molar-refractivity contribution in [1.29, 1.82) is 0 Å². The Hall–Kier alpha value is -1.84. The highest BCUT2D eigenvalue weighted by Gasteiger charge is 2.18. The zero-order chi connectivity index (χ0) is 15.2. The number of aryl methyl sites for hydroxylation is 1. The Labute approximate surface area is 126 Å². The number of benzene rings is 1. The van der Waals surface area contributed by atoms with Crippen LogP contribution in [0.25, 0.3) is 0 Å². The van der Waals surface area contributed by atoms with Crippen LogP contribution in [0, 0.1) is 5.92 Å². The number of carbonyl (C=O) groups excluding carboxylic acids is 2. The summed E-state index contributed by atoms with van der Waals surface area (Å²) in [4.78, 5) is 23.7. The molecule has 0 unspecified atom stereocenters. The third-order valence-corrected chi connectivity index (χ3v) is 3.91. The SMILES string of the molecule is CCCC(CCC)C(=O)Nc1ccc2c(c1)CCC(=O)N2. The van der Waals surface area contributed by atoms with E-state index >= 15 is 0 Å². The van der Waals surface area contributed by atoms with Gasteiger partial charge in [0, 0.05) is 23.7 Å². The van der Waals surface area contributed by atoms with Gasteiger partial charge in [-0.2, -0.15) is 0 Å². The molecule has 0 atom stereocenters. The molecule has 0 radical (unpaired) electrons. The Bertz CT molecular complexity index is 520. The minimum atomic E-state index is 0.0604. The van der Waals surface area contributed by atoms with Gasteiger partial charge in [-0.05, 0) is 43.0 Å². The van der Waals surface area contributed by atoms with E-state index < -0.39 is 0 Å². The summed E-state index contributed by atoms with van der Waals surface area (Å²) >= 11 is 0. The Morgan fingerprint density at radius 2 is 1.95 bits per heavy atom. The molecule has 2 N–H and O–H groups in total. The van der Waals surface area contributed by atoms with E-state index in [1.807, 2.05) is 18.2 Å². The van der Waals surface area contributed by atoms with Crippen LogP contribution in [0.3, 0.4) is 0 Å². The Balaban J connectivity index is 2.05. The van der Waals surface area contributed by atoms with Crippen molar-refractivity contribution in [3.05, 3.63) is 23.8 Å². The fourth-order valence-electron chi connectivity index (χ4n) is 2.81. The monoisotopic (exact) mass is 288 g/mol. The lowest BCUT2D eigenvalue weighted by Gasteiger charge is -2.19.